The molecular weight excluding hydrogens is 392 g/mol. The highest BCUT2D eigenvalue weighted by molar-refractivity contribution is 5.75. The van der Waals surface area contributed by atoms with E-state index in [1.165, 1.54) is 26.8 Å². The van der Waals surface area contributed by atoms with Crippen LogP contribution in [0.25, 0.3) is 0 Å². The van der Waals surface area contributed by atoms with Crippen LogP contribution < -0.4 is 16.6 Å². The van der Waals surface area contributed by atoms with Crippen molar-refractivity contribution in [2.24, 2.45) is 0 Å². The van der Waals surface area contributed by atoms with Gasteiger partial charge in [0.25, 0.3) is 5.56 Å². The molecule has 31 heavy (non-hydrogen) atoms. The maximum Gasteiger partial charge on any atom is 0.331 e. The molecule has 0 spiro atoms. The summed E-state index contributed by atoms with van der Waals surface area (Å²) in [6.07, 6.45) is 1.91. The van der Waals surface area contributed by atoms with Crippen LogP contribution in [0.3, 0.4) is 0 Å². The Balaban J connectivity index is 1.71. The Labute approximate surface area is 182 Å². The van der Waals surface area contributed by atoms with Crippen LogP contribution in [-0.2, 0) is 36.1 Å². The number of nitrogens with one attached hydrogen (secondary N) is 1. The monoisotopic (exact) mass is 422 g/mol. The lowest BCUT2D eigenvalue weighted by molar-refractivity contribution is -0.121. The van der Waals surface area contributed by atoms with E-state index in [1.807, 2.05) is 6.07 Å². The van der Waals surface area contributed by atoms with Crippen molar-refractivity contribution < 1.29 is 4.79 Å². The lowest BCUT2D eigenvalue weighted by atomic mass is 9.83. The number of benzene rings is 1. The van der Waals surface area contributed by atoms with Crippen LogP contribution in [0.5, 0.6) is 0 Å². The molecule has 164 valence electrons. The number of nitriles is 1. The molecule has 0 saturated carbocycles. The van der Waals surface area contributed by atoms with Crippen molar-refractivity contribution in [3.8, 4) is 6.07 Å². The first-order valence-corrected chi connectivity index (χ1v) is 10.7. The van der Waals surface area contributed by atoms with E-state index in [0.717, 1.165) is 4.57 Å². The molecule has 0 atom stereocenters. The minimum atomic E-state index is -0.680. The van der Waals surface area contributed by atoms with E-state index in [1.54, 1.807) is 0 Å². The van der Waals surface area contributed by atoms with Crippen molar-refractivity contribution in [1.82, 2.24) is 14.5 Å². The summed E-state index contributed by atoms with van der Waals surface area (Å²) in [4.78, 5) is 37.6. The third-order valence-corrected chi connectivity index (χ3v) is 6.00. The predicted octanol–water partition coefficient (Wildman–Crippen LogP) is 2.10. The van der Waals surface area contributed by atoms with E-state index >= 15 is 0 Å². The minimum Gasteiger partial charge on any atom is -0.354 e. The van der Waals surface area contributed by atoms with Gasteiger partial charge in [0.15, 0.2) is 0 Å². The SMILES string of the molecule is Cc1cc(C(C)(C)C)cc(C)c1CCNC(=O)Cn1c(=O)c(C#N)c2n(c1=O)CCC2. The molecule has 1 N–H and O–H groups in total. The van der Waals surface area contributed by atoms with Gasteiger partial charge in [0, 0.05) is 18.8 Å². The molecule has 1 amide bonds. The summed E-state index contributed by atoms with van der Waals surface area (Å²) in [5.41, 5.74) is 4.17. The Bertz CT molecular complexity index is 1170. The molecule has 0 bridgehead atoms. The molecule has 2 heterocycles. The topological polar surface area (TPSA) is 96.9 Å². The largest absolute Gasteiger partial charge is 0.354 e. The summed E-state index contributed by atoms with van der Waals surface area (Å²) in [6, 6.07) is 6.29. The third kappa shape index (κ3) is 4.48. The Morgan fingerprint density at radius 2 is 1.84 bits per heavy atom. The van der Waals surface area contributed by atoms with Gasteiger partial charge in [-0.05, 0) is 60.8 Å². The number of hydrogen-bond donors (Lipinski definition) is 1. The lowest BCUT2D eigenvalue weighted by Gasteiger charge is -2.22. The van der Waals surface area contributed by atoms with Crippen molar-refractivity contribution in [3.63, 3.8) is 0 Å². The van der Waals surface area contributed by atoms with Crippen LogP contribution in [0.15, 0.2) is 21.7 Å². The third-order valence-electron chi connectivity index (χ3n) is 6.00. The number of nitrogens with zero attached hydrogens (tertiary/aromatic N) is 3. The summed E-state index contributed by atoms with van der Waals surface area (Å²) in [5.74, 6) is -0.414. The van der Waals surface area contributed by atoms with E-state index in [-0.39, 0.29) is 17.5 Å². The van der Waals surface area contributed by atoms with Crippen molar-refractivity contribution in [2.45, 2.75) is 72.4 Å². The molecule has 1 aromatic heterocycles. The van der Waals surface area contributed by atoms with Gasteiger partial charge < -0.3 is 5.32 Å². The van der Waals surface area contributed by atoms with Crippen LogP contribution >= 0.6 is 0 Å². The fraction of sp³-hybridized carbons (Fsp3) is 0.500. The zero-order chi connectivity index (χ0) is 22.9. The number of aryl methyl sites for hydroxylation is 2. The van der Waals surface area contributed by atoms with Crippen molar-refractivity contribution in [3.05, 3.63) is 66.5 Å². The molecule has 0 unspecified atom stereocenters. The first-order valence-electron chi connectivity index (χ1n) is 10.7. The maximum absolute atomic E-state index is 12.6. The van der Waals surface area contributed by atoms with Crippen LogP contribution in [0, 0.1) is 25.2 Å². The average molecular weight is 423 g/mol. The van der Waals surface area contributed by atoms with E-state index in [2.05, 4.69) is 52.1 Å². The van der Waals surface area contributed by atoms with Gasteiger partial charge in [0.2, 0.25) is 5.91 Å². The summed E-state index contributed by atoms with van der Waals surface area (Å²) in [7, 11) is 0. The van der Waals surface area contributed by atoms with Gasteiger partial charge in [-0.2, -0.15) is 5.26 Å². The van der Waals surface area contributed by atoms with Gasteiger partial charge in [0.05, 0.1) is 0 Å². The molecular formula is C24H30N4O3. The molecule has 7 heteroatoms. The molecule has 0 fully saturated rings. The van der Waals surface area contributed by atoms with E-state index < -0.39 is 17.2 Å². The summed E-state index contributed by atoms with van der Waals surface area (Å²) >= 11 is 0. The number of fused-ring (bicyclic) bond motifs is 1. The van der Waals surface area contributed by atoms with Crippen LogP contribution in [0.1, 0.15) is 60.7 Å². The van der Waals surface area contributed by atoms with Gasteiger partial charge in [-0.15, -0.1) is 0 Å². The molecule has 0 saturated heterocycles. The van der Waals surface area contributed by atoms with Crippen LogP contribution in [0.4, 0.5) is 0 Å². The molecule has 7 nitrogen and oxygen atoms in total. The van der Waals surface area contributed by atoms with Gasteiger partial charge in [-0.25, -0.2) is 9.36 Å². The molecule has 0 radical (unpaired) electrons. The van der Waals surface area contributed by atoms with Gasteiger partial charge >= 0.3 is 5.69 Å². The average Bonchev–Trinajstić information content (AvgIpc) is 3.16. The lowest BCUT2D eigenvalue weighted by Crippen LogP contribution is -2.45. The fourth-order valence-electron chi connectivity index (χ4n) is 4.24. The molecule has 0 aliphatic carbocycles. The minimum absolute atomic E-state index is 0.0323. The number of hydrogen-bond acceptors (Lipinski definition) is 4. The Hall–Kier alpha value is -3.14. The number of rotatable bonds is 5. The number of amides is 1. The first-order chi connectivity index (χ1) is 14.5. The summed E-state index contributed by atoms with van der Waals surface area (Å²) in [6.45, 7) is 11.2. The highest BCUT2D eigenvalue weighted by atomic mass is 16.2. The normalized spacial score (nSPS) is 13.0. The van der Waals surface area contributed by atoms with E-state index in [4.69, 9.17) is 0 Å². The summed E-state index contributed by atoms with van der Waals surface area (Å²) < 4.78 is 2.31. The first kappa shape index (κ1) is 22.5. The van der Waals surface area contributed by atoms with Crippen molar-refractivity contribution >= 4 is 5.91 Å². The second kappa shape index (κ2) is 8.54. The molecule has 1 aliphatic heterocycles. The standard InChI is InChI=1S/C24H30N4O3/c1-15-11-17(24(3,4)5)12-16(2)18(15)8-9-26-21(29)14-28-22(30)19(13-25)20-7-6-10-27(20)23(28)31/h11-12H,6-10,14H2,1-5H3,(H,26,29). The fourth-order valence-corrected chi connectivity index (χ4v) is 4.24. The Morgan fingerprint density at radius 3 is 2.42 bits per heavy atom. The second-order valence-corrected chi connectivity index (χ2v) is 9.30. The smallest absolute Gasteiger partial charge is 0.331 e. The highest BCUT2D eigenvalue weighted by Crippen LogP contribution is 2.27. The molecule has 1 aromatic carbocycles. The highest BCUT2D eigenvalue weighted by Gasteiger charge is 2.23. The van der Waals surface area contributed by atoms with Crippen LogP contribution in [-0.4, -0.2) is 21.6 Å². The predicted molar refractivity (Wildman–Crippen MR) is 119 cm³/mol. The Kier molecular flexibility index (Phi) is 6.21. The zero-order valence-electron chi connectivity index (χ0n) is 19.0. The van der Waals surface area contributed by atoms with Gasteiger partial charge in [-0.3, -0.25) is 14.2 Å². The van der Waals surface area contributed by atoms with Crippen LogP contribution in [0.2, 0.25) is 0 Å². The van der Waals surface area contributed by atoms with Crippen molar-refractivity contribution in [2.75, 3.05) is 6.54 Å². The Morgan fingerprint density at radius 1 is 1.19 bits per heavy atom. The van der Waals surface area contributed by atoms with Gasteiger partial charge in [-0.1, -0.05) is 32.9 Å². The molecule has 1 aliphatic rings. The molecule has 2 aromatic rings. The van der Waals surface area contributed by atoms with Gasteiger partial charge in [0.1, 0.15) is 18.2 Å². The van der Waals surface area contributed by atoms with E-state index in [9.17, 15) is 19.6 Å². The van der Waals surface area contributed by atoms with Crippen molar-refractivity contribution in [1.29, 1.82) is 5.26 Å². The molecule has 3 rings (SSSR count). The summed E-state index contributed by atoms with van der Waals surface area (Å²) in [5, 5.41) is 12.2. The second-order valence-electron chi connectivity index (χ2n) is 9.30. The number of carbonyl (C=O) groups is 1. The maximum atomic E-state index is 12.6. The quantitative estimate of drug-likeness (QED) is 0.798. The zero-order valence-corrected chi connectivity index (χ0v) is 19.0. The number of carbonyl (C=O) groups excluding carboxylic acids is 1. The van der Waals surface area contributed by atoms with E-state index in [0.29, 0.717) is 38.0 Å². The number of aromatic nitrogens is 2.